The lowest BCUT2D eigenvalue weighted by molar-refractivity contribution is -0.145. The Morgan fingerprint density at radius 1 is 0.564 bits per heavy atom. The van der Waals surface area contributed by atoms with Crippen molar-refractivity contribution in [1.82, 2.24) is 24.5 Å². The zero-order chi connectivity index (χ0) is 28.8. The average molecular weight is 552 g/mol. The van der Waals surface area contributed by atoms with E-state index in [1.807, 2.05) is 6.07 Å². The number of carboxylic acids is 4. The molecule has 14 heteroatoms. The second-order valence-electron chi connectivity index (χ2n) is 9.41. The molecule has 2 rings (SSSR count). The average Bonchev–Trinajstić information content (AvgIpc) is 2.84. The Kier molecular flexibility index (Phi) is 13.3. The quantitative estimate of drug-likeness (QED) is 0.238. The van der Waals surface area contributed by atoms with Crippen molar-refractivity contribution in [3.63, 3.8) is 0 Å². The van der Waals surface area contributed by atoms with E-state index in [0.717, 1.165) is 5.56 Å². The van der Waals surface area contributed by atoms with Crippen molar-refractivity contribution in [3.8, 4) is 0 Å². The van der Waals surface area contributed by atoms with Crippen LogP contribution in [0, 0.1) is 0 Å². The number of rotatable bonds is 12. The van der Waals surface area contributed by atoms with Gasteiger partial charge in [0.1, 0.15) is 6.54 Å². The molecule has 0 atom stereocenters. The predicted molar refractivity (Wildman–Crippen MR) is 138 cm³/mol. The van der Waals surface area contributed by atoms with Gasteiger partial charge in [-0.2, -0.15) is 0 Å². The first-order valence-electron chi connectivity index (χ1n) is 12.6. The van der Waals surface area contributed by atoms with Crippen LogP contribution in [-0.2, 0) is 30.5 Å². The molecule has 1 aromatic carbocycles. The maximum Gasteiger partial charge on any atom is 0.323 e. The number of carbonyl (C=O) groups is 5. The summed E-state index contributed by atoms with van der Waals surface area (Å²) >= 11 is 0. The summed E-state index contributed by atoms with van der Waals surface area (Å²) in [6.45, 7) is 0.804. The monoisotopic (exact) mass is 551 g/mol. The van der Waals surface area contributed by atoms with Crippen LogP contribution in [0.3, 0.4) is 0 Å². The Labute approximate surface area is 226 Å². The standard InChI is InChI=1S/C25H37N5O9/c31-21(30(19-25(38)39)14-20-4-2-1-3-5-20)15-26-6-8-27(16-22(32)33)10-12-29(18-24(36)37)13-11-28(9-7-26)17-23(34)35/h1-5H,6-19H2,(H,32,33)(H,34,35)(H,36,37)(H,38,39). The highest BCUT2D eigenvalue weighted by Crippen LogP contribution is 2.07. The molecule has 1 aromatic rings. The summed E-state index contributed by atoms with van der Waals surface area (Å²) in [5, 5.41) is 37.3. The number of hydrogen-bond acceptors (Lipinski definition) is 9. The van der Waals surface area contributed by atoms with Crippen LogP contribution in [0.15, 0.2) is 30.3 Å². The van der Waals surface area contributed by atoms with Gasteiger partial charge in [-0.25, -0.2) is 0 Å². The minimum absolute atomic E-state index is 0.107. The summed E-state index contributed by atoms with van der Waals surface area (Å²) < 4.78 is 0. The van der Waals surface area contributed by atoms with E-state index in [-0.39, 0.29) is 85.1 Å². The van der Waals surface area contributed by atoms with Gasteiger partial charge >= 0.3 is 23.9 Å². The maximum atomic E-state index is 13.2. The highest BCUT2D eigenvalue weighted by Gasteiger charge is 2.23. The van der Waals surface area contributed by atoms with Crippen molar-refractivity contribution in [1.29, 1.82) is 0 Å². The smallest absolute Gasteiger partial charge is 0.323 e. The van der Waals surface area contributed by atoms with Gasteiger partial charge in [0, 0.05) is 58.9 Å². The third-order valence-electron chi connectivity index (χ3n) is 6.26. The highest BCUT2D eigenvalue weighted by atomic mass is 16.4. The van der Waals surface area contributed by atoms with Crippen molar-refractivity contribution in [3.05, 3.63) is 35.9 Å². The molecule has 0 bridgehead atoms. The van der Waals surface area contributed by atoms with Crippen molar-refractivity contribution in [2.24, 2.45) is 0 Å². The number of amides is 1. The first-order chi connectivity index (χ1) is 18.5. The molecule has 39 heavy (non-hydrogen) atoms. The number of hydrogen-bond donors (Lipinski definition) is 4. The predicted octanol–water partition coefficient (Wildman–Crippen LogP) is -1.42. The van der Waals surface area contributed by atoms with E-state index in [0.29, 0.717) is 0 Å². The van der Waals surface area contributed by atoms with Crippen LogP contribution in [0.25, 0.3) is 0 Å². The summed E-state index contributed by atoms with van der Waals surface area (Å²) in [5.41, 5.74) is 0.770. The molecule has 216 valence electrons. The van der Waals surface area contributed by atoms with Crippen LogP contribution in [0.4, 0.5) is 0 Å². The summed E-state index contributed by atoms with van der Waals surface area (Å²) in [7, 11) is 0. The van der Waals surface area contributed by atoms with E-state index in [2.05, 4.69) is 0 Å². The molecule has 1 fully saturated rings. The summed E-state index contributed by atoms with van der Waals surface area (Å²) in [5.74, 6) is -4.70. The number of carboxylic acid groups (broad SMARTS) is 4. The van der Waals surface area contributed by atoms with Gasteiger partial charge in [0.25, 0.3) is 0 Å². The van der Waals surface area contributed by atoms with E-state index < -0.39 is 36.3 Å². The van der Waals surface area contributed by atoms with Crippen molar-refractivity contribution >= 4 is 29.8 Å². The van der Waals surface area contributed by atoms with Crippen LogP contribution in [0.5, 0.6) is 0 Å². The Bertz CT molecular complexity index is 946. The van der Waals surface area contributed by atoms with Gasteiger partial charge in [-0.1, -0.05) is 30.3 Å². The molecule has 4 N–H and O–H groups in total. The normalized spacial score (nSPS) is 17.0. The van der Waals surface area contributed by atoms with Crippen LogP contribution in [0.1, 0.15) is 5.56 Å². The lowest BCUT2D eigenvalue weighted by atomic mass is 10.2. The molecule has 0 unspecified atom stereocenters. The molecule has 0 radical (unpaired) electrons. The third kappa shape index (κ3) is 13.2. The first kappa shape index (κ1) is 31.6. The lowest BCUT2D eigenvalue weighted by Gasteiger charge is -2.33. The van der Waals surface area contributed by atoms with Gasteiger partial charge in [-0.05, 0) is 5.56 Å². The zero-order valence-corrected chi connectivity index (χ0v) is 21.9. The van der Waals surface area contributed by atoms with E-state index in [1.54, 1.807) is 43.9 Å². The number of nitrogens with zero attached hydrogens (tertiary/aromatic N) is 5. The largest absolute Gasteiger partial charge is 0.480 e. The molecule has 1 saturated heterocycles. The second kappa shape index (κ2) is 16.4. The molecule has 0 saturated carbocycles. The molecule has 1 aliphatic rings. The van der Waals surface area contributed by atoms with Gasteiger partial charge in [0.15, 0.2) is 0 Å². The summed E-state index contributed by atoms with van der Waals surface area (Å²) in [6.07, 6.45) is 0. The second-order valence-corrected chi connectivity index (χ2v) is 9.41. The number of carbonyl (C=O) groups excluding carboxylic acids is 1. The molecular weight excluding hydrogens is 514 g/mol. The fourth-order valence-electron chi connectivity index (χ4n) is 4.28. The van der Waals surface area contributed by atoms with E-state index in [1.165, 1.54) is 4.90 Å². The third-order valence-corrected chi connectivity index (χ3v) is 6.26. The van der Waals surface area contributed by atoms with E-state index in [4.69, 9.17) is 0 Å². The van der Waals surface area contributed by atoms with Gasteiger partial charge in [0.05, 0.1) is 26.2 Å². The van der Waals surface area contributed by atoms with E-state index in [9.17, 15) is 44.4 Å². The van der Waals surface area contributed by atoms with Crippen LogP contribution < -0.4 is 0 Å². The van der Waals surface area contributed by atoms with Gasteiger partial charge in [0.2, 0.25) is 5.91 Å². The van der Waals surface area contributed by atoms with Crippen molar-refractivity contribution in [2.45, 2.75) is 6.54 Å². The van der Waals surface area contributed by atoms with Crippen molar-refractivity contribution < 1.29 is 44.4 Å². The van der Waals surface area contributed by atoms with Crippen LogP contribution in [-0.4, -0.2) is 160 Å². The number of benzene rings is 1. The molecule has 1 heterocycles. The first-order valence-corrected chi connectivity index (χ1v) is 12.6. The highest BCUT2D eigenvalue weighted by molar-refractivity contribution is 5.82. The Balaban J connectivity index is 2.20. The van der Waals surface area contributed by atoms with Crippen LogP contribution in [0.2, 0.25) is 0 Å². The fraction of sp³-hybridized carbons (Fsp3) is 0.560. The summed E-state index contributed by atoms with van der Waals surface area (Å²) in [6, 6.07) is 8.98. The lowest BCUT2D eigenvalue weighted by Crippen LogP contribution is -2.50. The van der Waals surface area contributed by atoms with E-state index >= 15 is 0 Å². The minimum atomic E-state index is -1.15. The fourth-order valence-corrected chi connectivity index (χ4v) is 4.28. The topological polar surface area (TPSA) is 182 Å². The molecule has 1 amide bonds. The molecule has 0 aromatic heterocycles. The van der Waals surface area contributed by atoms with Crippen molar-refractivity contribution in [2.75, 3.05) is 85.1 Å². The Morgan fingerprint density at radius 2 is 0.923 bits per heavy atom. The molecule has 14 nitrogen and oxygen atoms in total. The Morgan fingerprint density at radius 3 is 1.26 bits per heavy atom. The SMILES string of the molecule is O=C(O)CN1CCN(CC(=O)O)CCN(CC(=O)N(CC(=O)O)Cc2ccccc2)CCN(CC(=O)O)CC1. The Hall–Kier alpha value is -3.59. The van der Waals surface area contributed by atoms with Gasteiger partial charge in [-0.3, -0.25) is 43.6 Å². The maximum absolute atomic E-state index is 13.2. The molecule has 0 spiro atoms. The molecular formula is C25H37N5O9. The summed E-state index contributed by atoms with van der Waals surface area (Å²) in [4.78, 5) is 66.8. The van der Waals surface area contributed by atoms with Gasteiger partial charge < -0.3 is 25.3 Å². The number of aliphatic carboxylic acids is 4. The minimum Gasteiger partial charge on any atom is -0.480 e. The molecule has 1 aliphatic heterocycles. The zero-order valence-electron chi connectivity index (χ0n) is 21.9. The molecule has 0 aliphatic carbocycles. The van der Waals surface area contributed by atoms with Crippen LogP contribution >= 0.6 is 0 Å². The van der Waals surface area contributed by atoms with Gasteiger partial charge in [-0.15, -0.1) is 0 Å².